The van der Waals surface area contributed by atoms with Crippen LogP contribution in [0.1, 0.15) is 36.6 Å². The normalized spacial score (nSPS) is 11.1. The van der Waals surface area contributed by atoms with Gasteiger partial charge in [0.15, 0.2) is 0 Å². The molecule has 0 unspecified atom stereocenters. The van der Waals surface area contributed by atoms with Gasteiger partial charge in [-0.15, -0.1) is 0 Å². The van der Waals surface area contributed by atoms with Crippen LogP contribution < -0.4 is 4.74 Å². The summed E-state index contributed by atoms with van der Waals surface area (Å²) < 4.78 is 7.59. The van der Waals surface area contributed by atoms with Crippen molar-refractivity contribution in [2.45, 2.75) is 33.3 Å². The van der Waals surface area contributed by atoms with E-state index in [9.17, 15) is 0 Å². The average Bonchev–Trinajstić information content (AvgIpc) is 2.61. The van der Waals surface area contributed by atoms with E-state index in [0.717, 1.165) is 17.0 Å². The fourth-order valence-corrected chi connectivity index (χ4v) is 2.31. The van der Waals surface area contributed by atoms with Gasteiger partial charge in [-0.2, -0.15) is 5.10 Å². The van der Waals surface area contributed by atoms with Gasteiger partial charge in [-0.1, -0.05) is 43.6 Å². The SMILES string of the molecule is Cc1nn(C)c(Cl)c1COc1ccccc1C(C)C. The quantitative estimate of drug-likeness (QED) is 0.842. The lowest BCUT2D eigenvalue weighted by atomic mass is 10.0. The maximum absolute atomic E-state index is 6.20. The van der Waals surface area contributed by atoms with Crippen molar-refractivity contribution >= 4 is 11.6 Å². The third-order valence-electron chi connectivity index (χ3n) is 3.18. The van der Waals surface area contributed by atoms with Gasteiger partial charge in [0.1, 0.15) is 17.5 Å². The molecule has 1 aromatic carbocycles. The van der Waals surface area contributed by atoms with Gasteiger partial charge in [0.05, 0.1) is 5.69 Å². The Morgan fingerprint density at radius 1 is 1.32 bits per heavy atom. The Morgan fingerprint density at radius 3 is 2.58 bits per heavy atom. The number of nitrogens with zero attached hydrogens (tertiary/aromatic N) is 2. The van der Waals surface area contributed by atoms with E-state index in [4.69, 9.17) is 16.3 Å². The molecule has 0 aliphatic rings. The number of aromatic nitrogens is 2. The fourth-order valence-electron chi connectivity index (χ4n) is 2.08. The summed E-state index contributed by atoms with van der Waals surface area (Å²) in [6, 6.07) is 8.11. The molecule has 4 heteroatoms. The third kappa shape index (κ3) is 2.92. The number of hydrogen-bond donors (Lipinski definition) is 0. The van der Waals surface area contributed by atoms with Crippen LogP contribution in [0.4, 0.5) is 0 Å². The minimum atomic E-state index is 0.432. The lowest BCUT2D eigenvalue weighted by molar-refractivity contribution is 0.301. The molecular formula is C15H19ClN2O. The van der Waals surface area contributed by atoms with Crippen molar-refractivity contribution < 1.29 is 4.74 Å². The second kappa shape index (κ2) is 5.66. The highest BCUT2D eigenvalue weighted by Crippen LogP contribution is 2.28. The van der Waals surface area contributed by atoms with Crippen molar-refractivity contribution in [1.29, 1.82) is 0 Å². The number of aryl methyl sites for hydroxylation is 2. The molecule has 19 heavy (non-hydrogen) atoms. The first-order chi connectivity index (χ1) is 9.00. The molecule has 1 heterocycles. The van der Waals surface area contributed by atoms with E-state index in [0.29, 0.717) is 17.7 Å². The summed E-state index contributed by atoms with van der Waals surface area (Å²) in [5.74, 6) is 1.35. The maximum Gasteiger partial charge on any atom is 0.133 e. The number of hydrogen-bond acceptors (Lipinski definition) is 2. The van der Waals surface area contributed by atoms with E-state index in [1.54, 1.807) is 4.68 Å². The Morgan fingerprint density at radius 2 is 2.00 bits per heavy atom. The van der Waals surface area contributed by atoms with E-state index < -0.39 is 0 Å². The Bertz CT molecular complexity index is 576. The van der Waals surface area contributed by atoms with Crippen LogP contribution >= 0.6 is 11.6 Å². The van der Waals surface area contributed by atoms with E-state index in [-0.39, 0.29) is 0 Å². The van der Waals surface area contributed by atoms with E-state index in [2.05, 4.69) is 25.0 Å². The largest absolute Gasteiger partial charge is 0.488 e. The van der Waals surface area contributed by atoms with E-state index in [1.807, 2.05) is 32.2 Å². The smallest absolute Gasteiger partial charge is 0.133 e. The van der Waals surface area contributed by atoms with Crippen LogP contribution in [0.5, 0.6) is 5.75 Å². The third-order valence-corrected chi connectivity index (χ3v) is 3.66. The van der Waals surface area contributed by atoms with Crippen LogP contribution in [0, 0.1) is 6.92 Å². The number of para-hydroxylation sites is 1. The van der Waals surface area contributed by atoms with Crippen molar-refractivity contribution in [1.82, 2.24) is 9.78 Å². The first kappa shape index (κ1) is 13.9. The Hall–Kier alpha value is -1.48. The van der Waals surface area contributed by atoms with Crippen LogP contribution in [-0.2, 0) is 13.7 Å². The van der Waals surface area contributed by atoms with Crippen LogP contribution in [0.3, 0.4) is 0 Å². The zero-order chi connectivity index (χ0) is 14.0. The van der Waals surface area contributed by atoms with Gasteiger partial charge in [0, 0.05) is 12.6 Å². The minimum absolute atomic E-state index is 0.432. The lowest BCUT2D eigenvalue weighted by Gasteiger charge is -2.13. The van der Waals surface area contributed by atoms with Crippen LogP contribution in [0.15, 0.2) is 24.3 Å². The highest BCUT2D eigenvalue weighted by Gasteiger charge is 2.13. The fraction of sp³-hybridized carbons (Fsp3) is 0.400. The second-order valence-corrected chi connectivity index (χ2v) is 5.32. The van der Waals surface area contributed by atoms with Crippen molar-refractivity contribution in [2.24, 2.45) is 7.05 Å². The molecular weight excluding hydrogens is 260 g/mol. The van der Waals surface area contributed by atoms with Crippen molar-refractivity contribution in [3.63, 3.8) is 0 Å². The van der Waals surface area contributed by atoms with Crippen molar-refractivity contribution in [3.05, 3.63) is 46.2 Å². The molecule has 2 rings (SSSR count). The summed E-state index contributed by atoms with van der Waals surface area (Å²) in [5.41, 5.74) is 3.07. The molecule has 2 aromatic rings. The molecule has 0 saturated carbocycles. The molecule has 0 saturated heterocycles. The first-order valence-electron chi connectivity index (χ1n) is 6.40. The summed E-state index contributed by atoms with van der Waals surface area (Å²) in [5, 5.41) is 4.92. The standard InChI is InChI=1S/C15H19ClN2O/c1-10(2)12-7-5-6-8-14(12)19-9-13-11(3)17-18(4)15(13)16/h5-8,10H,9H2,1-4H3. The van der Waals surface area contributed by atoms with Crippen LogP contribution in [0.2, 0.25) is 5.15 Å². The predicted molar refractivity (Wildman–Crippen MR) is 77.8 cm³/mol. The van der Waals surface area contributed by atoms with Crippen LogP contribution in [-0.4, -0.2) is 9.78 Å². The average molecular weight is 279 g/mol. The zero-order valence-corrected chi connectivity index (χ0v) is 12.5. The molecule has 102 valence electrons. The first-order valence-corrected chi connectivity index (χ1v) is 6.78. The molecule has 0 atom stereocenters. The number of ether oxygens (including phenoxy) is 1. The van der Waals surface area contributed by atoms with Crippen LogP contribution in [0.25, 0.3) is 0 Å². The topological polar surface area (TPSA) is 27.1 Å². The maximum atomic E-state index is 6.20. The van der Waals surface area contributed by atoms with Gasteiger partial charge in [-0.25, -0.2) is 0 Å². The highest BCUT2D eigenvalue weighted by atomic mass is 35.5. The Balaban J connectivity index is 2.19. The van der Waals surface area contributed by atoms with Gasteiger partial charge in [0.25, 0.3) is 0 Å². The lowest BCUT2D eigenvalue weighted by Crippen LogP contribution is -2.00. The number of halogens is 1. The van der Waals surface area contributed by atoms with Gasteiger partial charge < -0.3 is 4.74 Å². The van der Waals surface area contributed by atoms with Gasteiger partial charge in [0.2, 0.25) is 0 Å². The van der Waals surface area contributed by atoms with Gasteiger partial charge >= 0.3 is 0 Å². The molecule has 1 aromatic heterocycles. The van der Waals surface area contributed by atoms with Gasteiger partial charge in [-0.3, -0.25) is 4.68 Å². The molecule has 0 aliphatic heterocycles. The molecule has 3 nitrogen and oxygen atoms in total. The molecule has 0 amide bonds. The summed E-state index contributed by atoms with van der Waals surface area (Å²) in [6.45, 7) is 6.70. The number of benzene rings is 1. The summed E-state index contributed by atoms with van der Waals surface area (Å²) >= 11 is 6.20. The molecule has 0 aliphatic carbocycles. The van der Waals surface area contributed by atoms with Crippen molar-refractivity contribution in [3.8, 4) is 5.75 Å². The summed E-state index contributed by atoms with van der Waals surface area (Å²) in [4.78, 5) is 0. The Kier molecular flexibility index (Phi) is 4.15. The number of rotatable bonds is 4. The summed E-state index contributed by atoms with van der Waals surface area (Å²) in [7, 11) is 1.83. The van der Waals surface area contributed by atoms with E-state index in [1.165, 1.54) is 5.56 Å². The second-order valence-electron chi connectivity index (χ2n) is 4.96. The monoisotopic (exact) mass is 278 g/mol. The summed E-state index contributed by atoms with van der Waals surface area (Å²) in [6.07, 6.45) is 0. The molecule has 0 fully saturated rings. The van der Waals surface area contributed by atoms with Crippen molar-refractivity contribution in [2.75, 3.05) is 0 Å². The van der Waals surface area contributed by atoms with Gasteiger partial charge in [-0.05, 0) is 24.5 Å². The van der Waals surface area contributed by atoms with E-state index >= 15 is 0 Å². The highest BCUT2D eigenvalue weighted by molar-refractivity contribution is 6.30. The molecule has 0 bridgehead atoms. The molecule has 0 N–H and O–H groups in total. The predicted octanol–water partition coefficient (Wildman–Crippen LogP) is 4.08. The molecule has 0 spiro atoms. The Labute approximate surface area is 119 Å². The molecule has 0 radical (unpaired) electrons. The zero-order valence-electron chi connectivity index (χ0n) is 11.8. The minimum Gasteiger partial charge on any atom is -0.488 e.